The molecule has 4 nitrogen and oxygen atoms in total. The first-order valence-electron chi connectivity index (χ1n) is 5.79. The minimum absolute atomic E-state index is 0.0249. The first-order chi connectivity index (χ1) is 8.28. The number of fused-ring (bicyclic) bond motifs is 1. The van der Waals surface area contributed by atoms with E-state index in [-0.39, 0.29) is 18.1 Å². The molecule has 1 aliphatic rings. The number of aliphatic hydroxyl groups excluding tert-OH is 1. The predicted octanol–water partition coefficient (Wildman–Crippen LogP) is 0.755. The van der Waals surface area contributed by atoms with Crippen molar-refractivity contribution in [3.05, 3.63) is 36.0 Å². The third-order valence-corrected chi connectivity index (χ3v) is 3.75. The van der Waals surface area contributed by atoms with E-state index < -0.39 is 0 Å². The van der Waals surface area contributed by atoms with Gasteiger partial charge in [-0.25, -0.2) is 0 Å². The largest absolute Gasteiger partial charge is 0.395 e. The van der Waals surface area contributed by atoms with Gasteiger partial charge in [0.05, 0.1) is 25.2 Å². The minimum Gasteiger partial charge on any atom is -0.395 e. The van der Waals surface area contributed by atoms with Crippen LogP contribution in [0.1, 0.15) is 5.56 Å². The zero-order valence-corrected chi connectivity index (χ0v) is 9.52. The average Bonchev–Trinajstić information content (AvgIpc) is 2.72. The number of aliphatic hydroxyl groups is 1. The minimum atomic E-state index is -0.282. The van der Waals surface area contributed by atoms with Crippen LogP contribution >= 0.6 is 0 Å². The third-order valence-electron chi connectivity index (χ3n) is 3.75. The summed E-state index contributed by atoms with van der Waals surface area (Å²) in [6.07, 6.45) is 1.99. The van der Waals surface area contributed by atoms with Crippen molar-refractivity contribution >= 4 is 10.9 Å². The topological polar surface area (TPSA) is 71.3 Å². The fraction of sp³-hybridized carbons (Fsp3) is 0.385. The highest BCUT2D eigenvalue weighted by atomic mass is 16.5. The molecule has 1 saturated heterocycles. The molecule has 0 aliphatic carbocycles. The molecule has 0 amide bonds. The lowest BCUT2D eigenvalue weighted by atomic mass is 9.73. The molecular formula is C13H16N2O2. The van der Waals surface area contributed by atoms with Crippen molar-refractivity contribution in [2.45, 2.75) is 11.5 Å². The SMILES string of the molecule is NC(CO)C1(c2c[nH]c3ccccc23)COC1. The van der Waals surface area contributed by atoms with Gasteiger partial charge in [0.15, 0.2) is 0 Å². The number of hydrogen-bond acceptors (Lipinski definition) is 3. The molecule has 4 N–H and O–H groups in total. The van der Waals surface area contributed by atoms with Crippen LogP contribution in [0.5, 0.6) is 0 Å². The highest BCUT2D eigenvalue weighted by molar-refractivity contribution is 5.84. The van der Waals surface area contributed by atoms with Gasteiger partial charge < -0.3 is 20.6 Å². The summed E-state index contributed by atoms with van der Waals surface area (Å²) in [4.78, 5) is 3.25. The van der Waals surface area contributed by atoms with E-state index >= 15 is 0 Å². The Balaban J connectivity index is 2.13. The van der Waals surface area contributed by atoms with E-state index in [1.54, 1.807) is 0 Å². The van der Waals surface area contributed by atoms with Gasteiger partial charge in [0.2, 0.25) is 0 Å². The number of rotatable bonds is 3. The van der Waals surface area contributed by atoms with Crippen molar-refractivity contribution in [1.29, 1.82) is 0 Å². The van der Waals surface area contributed by atoms with Crippen LogP contribution in [-0.4, -0.2) is 36.0 Å². The molecule has 90 valence electrons. The predicted molar refractivity (Wildman–Crippen MR) is 65.9 cm³/mol. The number of hydrogen-bond donors (Lipinski definition) is 3. The second-order valence-corrected chi connectivity index (χ2v) is 4.69. The van der Waals surface area contributed by atoms with E-state index in [0.717, 1.165) is 11.1 Å². The van der Waals surface area contributed by atoms with Gasteiger partial charge >= 0.3 is 0 Å². The smallest absolute Gasteiger partial charge is 0.0614 e. The number of nitrogens with two attached hydrogens (primary N) is 1. The van der Waals surface area contributed by atoms with Crippen molar-refractivity contribution in [3.8, 4) is 0 Å². The number of H-pyrrole nitrogens is 1. The number of aromatic nitrogens is 1. The normalized spacial score (nSPS) is 20.1. The van der Waals surface area contributed by atoms with Gasteiger partial charge in [-0.1, -0.05) is 18.2 Å². The number of nitrogens with one attached hydrogen (secondary N) is 1. The molecule has 1 fully saturated rings. The molecule has 1 aliphatic heterocycles. The van der Waals surface area contributed by atoms with Gasteiger partial charge in [-0.15, -0.1) is 0 Å². The molecule has 0 saturated carbocycles. The molecule has 17 heavy (non-hydrogen) atoms. The van der Waals surface area contributed by atoms with E-state index in [2.05, 4.69) is 11.1 Å². The lowest BCUT2D eigenvalue weighted by Gasteiger charge is -2.45. The van der Waals surface area contributed by atoms with Gasteiger partial charge in [0, 0.05) is 23.1 Å². The summed E-state index contributed by atoms with van der Waals surface area (Å²) in [6, 6.07) is 7.84. The Labute approximate surface area is 99.4 Å². The molecule has 2 heterocycles. The Morgan fingerprint density at radius 1 is 1.41 bits per heavy atom. The summed E-state index contributed by atoms with van der Waals surface area (Å²) in [6.45, 7) is 1.13. The van der Waals surface area contributed by atoms with Crippen LogP contribution in [0.25, 0.3) is 10.9 Å². The molecule has 1 aromatic heterocycles. The summed E-state index contributed by atoms with van der Waals surface area (Å²) in [5.74, 6) is 0. The van der Waals surface area contributed by atoms with Crippen molar-refractivity contribution in [2.24, 2.45) is 5.73 Å². The van der Waals surface area contributed by atoms with Gasteiger partial charge in [0.1, 0.15) is 0 Å². The summed E-state index contributed by atoms with van der Waals surface area (Å²) in [5.41, 5.74) is 8.06. The maximum absolute atomic E-state index is 9.32. The molecule has 0 bridgehead atoms. The van der Waals surface area contributed by atoms with E-state index in [1.807, 2.05) is 24.4 Å². The Hall–Kier alpha value is -1.36. The zero-order chi connectivity index (χ0) is 11.9. The van der Waals surface area contributed by atoms with Gasteiger partial charge in [-0.05, 0) is 11.6 Å². The highest BCUT2D eigenvalue weighted by Gasteiger charge is 2.46. The van der Waals surface area contributed by atoms with Crippen molar-refractivity contribution in [1.82, 2.24) is 4.98 Å². The standard InChI is InChI=1S/C13H16N2O2/c14-12(6-16)13(7-17-8-13)10-5-15-11-4-2-1-3-9(10)11/h1-5,12,15-16H,6-8,14H2. The monoisotopic (exact) mass is 232 g/mol. The number of benzene rings is 1. The maximum atomic E-state index is 9.32. The molecular weight excluding hydrogens is 216 g/mol. The fourth-order valence-corrected chi connectivity index (χ4v) is 2.55. The van der Waals surface area contributed by atoms with Crippen LogP contribution in [0.2, 0.25) is 0 Å². The summed E-state index contributed by atoms with van der Waals surface area (Å²) >= 11 is 0. The summed E-state index contributed by atoms with van der Waals surface area (Å²) in [7, 11) is 0. The first-order valence-corrected chi connectivity index (χ1v) is 5.79. The van der Waals surface area contributed by atoms with Gasteiger partial charge in [0.25, 0.3) is 0 Å². The zero-order valence-electron chi connectivity index (χ0n) is 9.52. The van der Waals surface area contributed by atoms with Crippen LogP contribution in [0.4, 0.5) is 0 Å². The van der Waals surface area contributed by atoms with Crippen LogP contribution in [0.3, 0.4) is 0 Å². The first kappa shape index (κ1) is 10.8. The molecule has 3 rings (SSSR count). The van der Waals surface area contributed by atoms with E-state index in [0.29, 0.717) is 13.2 Å². The molecule has 1 unspecified atom stereocenters. The van der Waals surface area contributed by atoms with Crippen LogP contribution in [0, 0.1) is 0 Å². The third kappa shape index (κ3) is 1.42. The number of para-hydroxylation sites is 1. The molecule has 2 aromatic rings. The average molecular weight is 232 g/mol. The lowest BCUT2D eigenvalue weighted by Crippen LogP contribution is -2.60. The van der Waals surface area contributed by atoms with Crippen molar-refractivity contribution < 1.29 is 9.84 Å². The molecule has 0 spiro atoms. The number of ether oxygens (including phenoxy) is 1. The summed E-state index contributed by atoms with van der Waals surface area (Å²) < 4.78 is 5.33. The van der Waals surface area contributed by atoms with E-state index in [1.165, 1.54) is 5.39 Å². The Kier molecular flexibility index (Phi) is 2.43. The van der Waals surface area contributed by atoms with E-state index in [4.69, 9.17) is 10.5 Å². The van der Waals surface area contributed by atoms with Crippen molar-refractivity contribution in [3.63, 3.8) is 0 Å². The van der Waals surface area contributed by atoms with Crippen LogP contribution < -0.4 is 5.73 Å². The quantitative estimate of drug-likeness (QED) is 0.731. The van der Waals surface area contributed by atoms with Gasteiger partial charge in [-0.3, -0.25) is 0 Å². The fourth-order valence-electron chi connectivity index (χ4n) is 2.55. The lowest BCUT2D eigenvalue weighted by molar-refractivity contribution is -0.0790. The van der Waals surface area contributed by atoms with E-state index in [9.17, 15) is 5.11 Å². The van der Waals surface area contributed by atoms with Crippen LogP contribution in [0.15, 0.2) is 30.5 Å². The molecule has 1 aromatic carbocycles. The summed E-state index contributed by atoms with van der Waals surface area (Å²) in [5, 5.41) is 10.5. The molecule has 0 radical (unpaired) electrons. The highest BCUT2D eigenvalue weighted by Crippen LogP contribution is 2.38. The van der Waals surface area contributed by atoms with Crippen LogP contribution in [-0.2, 0) is 10.2 Å². The number of aromatic amines is 1. The second-order valence-electron chi connectivity index (χ2n) is 4.69. The molecule has 1 atom stereocenters. The Bertz CT molecular complexity index is 531. The van der Waals surface area contributed by atoms with Crippen molar-refractivity contribution in [2.75, 3.05) is 19.8 Å². The maximum Gasteiger partial charge on any atom is 0.0614 e. The Morgan fingerprint density at radius 2 is 2.18 bits per heavy atom. The second kappa shape index (κ2) is 3.84. The Morgan fingerprint density at radius 3 is 2.82 bits per heavy atom. The molecule has 4 heteroatoms. The van der Waals surface area contributed by atoms with Gasteiger partial charge in [-0.2, -0.15) is 0 Å².